The van der Waals surface area contributed by atoms with E-state index in [2.05, 4.69) is 19.6 Å². The SMILES string of the molecule is C=CCC1(CC=CCCCCCCC)C(=O)CCCC1=O. The lowest BCUT2D eigenvalue weighted by atomic mass is 9.67. The highest BCUT2D eigenvalue weighted by molar-refractivity contribution is 6.09. The first-order chi connectivity index (χ1) is 10.2. The predicted octanol–water partition coefficient (Wildman–Crippen LogP) is 5.18. The van der Waals surface area contributed by atoms with Crippen LogP contribution in [0.25, 0.3) is 0 Å². The smallest absolute Gasteiger partial charge is 0.147 e. The van der Waals surface area contributed by atoms with E-state index in [0.29, 0.717) is 25.7 Å². The number of Topliss-reactive ketones (excluding diaryl/α,β-unsaturated/α-hetero) is 2. The third kappa shape index (κ3) is 5.26. The number of hydrogen-bond donors (Lipinski definition) is 0. The summed E-state index contributed by atoms with van der Waals surface area (Å²) in [6.07, 6.45) is 16.2. The van der Waals surface area contributed by atoms with Gasteiger partial charge < -0.3 is 0 Å². The minimum absolute atomic E-state index is 0.117. The van der Waals surface area contributed by atoms with Gasteiger partial charge in [0.25, 0.3) is 0 Å². The maximum absolute atomic E-state index is 12.3. The summed E-state index contributed by atoms with van der Waals surface area (Å²) in [6.45, 7) is 5.95. The van der Waals surface area contributed by atoms with Crippen molar-refractivity contribution in [3.05, 3.63) is 24.8 Å². The van der Waals surface area contributed by atoms with Crippen molar-refractivity contribution in [2.24, 2.45) is 5.41 Å². The molecule has 0 aromatic carbocycles. The summed E-state index contributed by atoms with van der Waals surface area (Å²) in [5.41, 5.74) is -0.793. The zero-order chi connectivity index (χ0) is 15.6. The van der Waals surface area contributed by atoms with Crippen molar-refractivity contribution in [3.8, 4) is 0 Å². The monoisotopic (exact) mass is 290 g/mol. The number of ketones is 2. The van der Waals surface area contributed by atoms with E-state index in [0.717, 1.165) is 12.8 Å². The molecule has 0 spiro atoms. The summed E-state index contributed by atoms with van der Waals surface area (Å²) in [4.78, 5) is 24.5. The van der Waals surface area contributed by atoms with Gasteiger partial charge in [-0.15, -0.1) is 6.58 Å². The maximum Gasteiger partial charge on any atom is 0.147 e. The second-order valence-electron chi connectivity index (χ2n) is 6.15. The van der Waals surface area contributed by atoms with Crippen molar-refractivity contribution < 1.29 is 9.59 Å². The predicted molar refractivity (Wildman–Crippen MR) is 88.2 cm³/mol. The van der Waals surface area contributed by atoms with Gasteiger partial charge in [-0.2, -0.15) is 0 Å². The third-order valence-corrected chi connectivity index (χ3v) is 4.48. The first kappa shape index (κ1) is 17.9. The molecule has 0 amide bonds. The van der Waals surface area contributed by atoms with Crippen LogP contribution >= 0.6 is 0 Å². The molecule has 0 radical (unpaired) electrons. The van der Waals surface area contributed by atoms with Crippen LogP contribution in [0, 0.1) is 5.41 Å². The highest BCUT2D eigenvalue weighted by Crippen LogP contribution is 2.37. The van der Waals surface area contributed by atoms with E-state index >= 15 is 0 Å². The van der Waals surface area contributed by atoms with Crippen LogP contribution in [0.2, 0.25) is 0 Å². The van der Waals surface area contributed by atoms with Crippen LogP contribution in [0.3, 0.4) is 0 Å². The second-order valence-corrected chi connectivity index (χ2v) is 6.15. The lowest BCUT2D eigenvalue weighted by Crippen LogP contribution is -2.41. The molecule has 1 aliphatic carbocycles. The third-order valence-electron chi connectivity index (χ3n) is 4.48. The molecule has 2 nitrogen and oxygen atoms in total. The molecule has 21 heavy (non-hydrogen) atoms. The number of unbranched alkanes of at least 4 members (excludes halogenated alkanes) is 5. The van der Waals surface area contributed by atoms with Crippen LogP contribution < -0.4 is 0 Å². The van der Waals surface area contributed by atoms with Gasteiger partial charge in [0.05, 0.1) is 5.41 Å². The highest BCUT2D eigenvalue weighted by Gasteiger charge is 2.44. The standard InChI is InChI=1S/C19H30O2/c1-3-5-6-7-8-9-10-11-16-19(15-4-2)17(20)13-12-14-18(19)21/h4,10-11H,2-3,5-9,12-16H2,1H3. The molecule has 2 heteroatoms. The molecule has 118 valence electrons. The Bertz CT molecular complexity index is 363. The Hall–Kier alpha value is -1.18. The molecule has 0 N–H and O–H groups in total. The van der Waals surface area contributed by atoms with Crippen LogP contribution in [0.5, 0.6) is 0 Å². The molecule has 0 saturated heterocycles. The van der Waals surface area contributed by atoms with Gasteiger partial charge in [0, 0.05) is 12.8 Å². The molecule has 1 saturated carbocycles. The van der Waals surface area contributed by atoms with Crippen molar-refractivity contribution in [1.29, 1.82) is 0 Å². The number of carbonyl (C=O) groups is 2. The minimum Gasteiger partial charge on any atom is -0.299 e. The summed E-state index contributed by atoms with van der Waals surface area (Å²) >= 11 is 0. The fraction of sp³-hybridized carbons (Fsp3) is 0.684. The molecule has 0 heterocycles. The lowest BCUT2D eigenvalue weighted by Gasteiger charge is -2.32. The van der Waals surface area contributed by atoms with Gasteiger partial charge in [-0.25, -0.2) is 0 Å². The number of carbonyl (C=O) groups excluding carboxylic acids is 2. The first-order valence-corrected chi connectivity index (χ1v) is 8.50. The molecule has 0 aromatic heterocycles. The van der Waals surface area contributed by atoms with Gasteiger partial charge in [-0.1, -0.05) is 50.8 Å². The lowest BCUT2D eigenvalue weighted by molar-refractivity contribution is -0.143. The maximum atomic E-state index is 12.3. The molecule has 1 rings (SSSR count). The van der Waals surface area contributed by atoms with Crippen LogP contribution in [-0.4, -0.2) is 11.6 Å². The largest absolute Gasteiger partial charge is 0.299 e. The summed E-state index contributed by atoms with van der Waals surface area (Å²) in [5.74, 6) is 0.234. The van der Waals surface area contributed by atoms with E-state index in [9.17, 15) is 9.59 Å². The fourth-order valence-electron chi connectivity index (χ4n) is 3.10. The minimum atomic E-state index is -0.793. The van der Waals surface area contributed by atoms with Crippen LogP contribution in [0.4, 0.5) is 0 Å². The Labute approximate surface area is 129 Å². The normalized spacial score (nSPS) is 18.3. The molecule has 0 aromatic rings. The summed E-state index contributed by atoms with van der Waals surface area (Å²) in [6, 6.07) is 0. The van der Waals surface area contributed by atoms with E-state index in [1.54, 1.807) is 6.08 Å². The van der Waals surface area contributed by atoms with Crippen LogP contribution in [0.1, 0.15) is 77.6 Å². The zero-order valence-electron chi connectivity index (χ0n) is 13.5. The second kappa shape index (κ2) is 9.70. The van der Waals surface area contributed by atoms with E-state index < -0.39 is 5.41 Å². The first-order valence-electron chi connectivity index (χ1n) is 8.50. The van der Waals surface area contributed by atoms with E-state index in [1.807, 2.05) is 6.08 Å². The van der Waals surface area contributed by atoms with Gasteiger partial charge >= 0.3 is 0 Å². The van der Waals surface area contributed by atoms with Crippen molar-refractivity contribution in [2.75, 3.05) is 0 Å². The molecule has 1 aliphatic rings. The molecule has 1 fully saturated rings. The number of rotatable bonds is 10. The molecule has 0 atom stereocenters. The Morgan fingerprint density at radius 3 is 2.29 bits per heavy atom. The Morgan fingerprint density at radius 2 is 1.67 bits per heavy atom. The fourth-order valence-corrected chi connectivity index (χ4v) is 3.10. The van der Waals surface area contributed by atoms with Gasteiger partial charge in [-0.3, -0.25) is 9.59 Å². The average Bonchev–Trinajstić information content (AvgIpc) is 2.47. The van der Waals surface area contributed by atoms with Crippen molar-refractivity contribution >= 4 is 11.6 Å². The Kier molecular flexibility index (Phi) is 8.26. The van der Waals surface area contributed by atoms with Gasteiger partial charge in [0.1, 0.15) is 11.6 Å². The number of allylic oxidation sites excluding steroid dienone is 3. The van der Waals surface area contributed by atoms with E-state index in [-0.39, 0.29) is 11.6 Å². The zero-order valence-corrected chi connectivity index (χ0v) is 13.5. The molecular weight excluding hydrogens is 260 g/mol. The molecule has 0 bridgehead atoms. The van der Waals surface area contributed by atoms with Crippen LogP contribution in [-0.2, 0) is 9.59 Å². The topological polar surface area (TPSA) is 34.1 Å². The average molecular weight is 290 g/mol. The molecular formula is C19H30O2. The van der Waals surface area contributed by atoms with Crippen LogP contribution in [0.15, 0.2) is 24.8 Å². The Balaban J connectivity index is 2.45. The van der Waals surface area contributed by atoms with Gasteiger partial charge in [0.2, 0.25) is 0 Å². The number of hydrogen-bond acceptors (Lipinski definition) is 2. The quantitative estimate of drug-likeness (QED) is 0.316. The Morgan fingerprint density at radius 1 is 1.00 bits per heavy atom. The highest BCUT2D eigenvalue weighted by atomic mass is 16.2. The van der Waals surface area contributed by atoms with Crippen molar-refractivity contribution in [2.45, 2.75) is 77.6 Å². The van der Waals surface area contributed by atoms with Crippen molar-refractivity contribution in [1.82, 2.24) is 0 Å². The summed E-state index contributed by atoms with van der Waals surface area (Å²) in [7, 11) is 0. The van der Waals surface area contributed by atoms with Gasteiger partial charge in [-0.05, 0) is 32.1 Å². The van der Waals surface area contributed by atoms with E-state index in [4.69, 9.17) is 0 Å². The molecule has 0 unspecified atom stereocenters. The molecule has 0 aliphatic heterocycles. The summed E-state index contributed by atoms with van der Waals surface area (Å²) in [5, 5.41) is 0. The van der Waals surface area contributed by atoms with Gasteiger partial charge in [0.15, 0.2) is 0 Å². The van der Waals surface area contributed by atoms with Crippen molar-refractivity contribution in [3.63, 3.8) is 0 Å². The van der Waals surface area contributed by atoms with E-state index in [1.165, 1.54) is 32.1 Å². The summed E-state index contributed by atoms with van der Waals surface area (Å²) < 4.78 is 0.